The lowest BCUT2D eigenvalue weighted by molar-refractivity contribution is 0.155. The lowest BCUT2D eigenvalue weighted by atomic mass is 10.2. The number of rotatable bonds is 5. The number of aromatic nitrogens is 3. The number of aryl methyl sites for hydroxylation is 3. The molecule has 164 valence electrons. The first-order valence-corrected chi connectivity index (χ1v) is 11.1. The predicted molar refractivity (Wildman–Crippen MR) is 121 cm³/mol. The fourth-order valence-corrected chi connectivity index (χ4v) is 4.88. The minimum atomic E-state index is -0.568. The molecule has 2 aromatic heterocycles. The van der Waals surface area contributed by atoms with Crippen LogP contribution in [0, 0.1) is 12.7 Å². The van der Waals surface area contributed by atoms with Crippen molar-refractivity contribution < 1.29 is 18.7 Å². The summed E-state index contributed by atoms with van der Waals surface area (Å²) >= 11 is 1.27. The summed E-state index contributed by atoms with van der Waals surface area (Å²) in [6, 6.07) is 10.2. The number of ether oxygens (including phenoxy) is 2. The fourth-order valence-electron chi connectivity index (χ4n) is 3.90. The summed E-state index contributed by atoms with van der Waals surface area (Å²) < 4.78 is 26.4. The van der Waals surface area contributed by atoms with Gasteiger partial charge in [-0.15, -0.1) is 0 Å². The highest BCUT2D eigenvalue weighted by atomic mass is 32.1. The van der Waals surface area contributed by atoms with Crippen molar-refractivity contribution >= 4 is 33.5 Å². The monoisotopic (exact) mass is 452 g/mol. The Bertz CT molecular complexity index is 1330. The Balaban J connectivity index is 1.26. The number of nitrogens with zero attached hydrogens (tertiary/aromatic N) is 3. The number of anilines is 1. The van der Waals surface area contributed by atoms with Crippen molar-refractivity contribution in [3.63, 3.8) is 0 Å². The van der Waals surface area contributed by atoms with Crippen LogP contribution in [0.2, 0.25) is 0 Å². The van der Waals surface area contributed by atoms with Gasteiger partial charge in [0.25, 0.3) is 0 Å². The van der Waals surface area contributed by atoms with Gasteiger partial charge in [-0.2, -0.15) is 0 Å². The van der Waals surface area contributed by atoms with Crippen LogP contribution in [0.1, 0.15) is 23.5 Å². The first-order valence-electron chi connectivity index (χ1n) is 10.2. The van der Waals surface area contributed by atoms with Crippen LogP contribution in [-0.2, 0) is 24.3 Å². The van der Waals surface area contributed by atoms with Gasteiger partial charge in [0.1, 0.15) is 34.0 Å². The summed E-state index contributed by atoms with van der Waals surface area (Å²) in [4.78, 5) is 21.5. The Morgan fingerprint density at radius 2 is 2.12 bits per heavy atom. The normalized spacial score (nSPS) is 12.7. The molecular formula is C23H21FN4O3S. The fraction of sp³-hybridized carbons (Fsp3) is 0.261. The largest absolute Gasteiger partial charge is 0.496 e. The van der Waals surface area contributed by atoms with Gasteiger partial charge in [0.15, 0.2) is 0 Å². The van der Waals surface area contributed by atoms with Crippen LogP contribution < -0.4 is 10.1 Å². The van der Waals surface area contributed by atoms with Crippen molar-refractivity contribution in [1.82, 2.24) is 14.5 Å². The van der Waals surface area contributed by atoms with Crippen molar-refractivity contribution in [3.8, 4) is 16.3 Å². The molecule has 1 N–H and O–H groups in total. The minimum Gasteiger partial charge on any atom is -0.496 e. The molecule has 7 nitrogen and oxygen atoms in total. The number of imidazole rings is 1. The topological polar surface area (TPSA) is 78.3 Å². The lowest BCUT2D eigenvalue weighted by Gasteiger charge is -2.07. The van der Waals surface area contributed by atoms with E-state index in [-0.39, 0.29) is 12.4 Å². The molecule has 4 aromatic rings. The van der Waals surface area contributed by atoms with Gasteiger partial charge in [0.2, 0.25) is 0 Å². The Labute approximate surface area is 187 Å². The molecule has 9 heteroatoms. The van der Waals surface area contributed by atoms with Crippen LogP contribution in [-0.4, -0.2) is 27.7 Å². The number of halogens is 1. The third kappa shape index (κ3) is 3.80. The van der Waals surface area contributed by atoms with E-state index in [9.17, 15) is 9.18 Å². The van der Waals surface area contributed by atoms with Crippen LogP contribution in [0.25, 0.3) is 21.6 Å². The highest BCUT2D eigenvalue weighted by Crippen LogP contribution is 2.37. The van der Waals surface area contributed by atoms with Crippen LogP contribution in [0.5, 0.6) is 5.75 Å². The van der Waals surface area contributed by atoms with Crippen molar-refractivity contribution in [2.45, 2.75) is 32.9 Å². The number of amides is 1. The molecule has 0 saturated carbocycles. The van der Waals surface area contributed by atoms with E-state index in [1.165, 1.54) is 30.6 Å². The van der Waals surface area contributed by atoms with Gasteiger partial charge in [-0.3, -0.25) is 5.32 Å². The van der Waals surface area contributed by atoms with Crippen molar-refractivity contribution in [2.24, 2.45) is 0 Å². The van der Waals surface area contributed by atoms with Crippen LogP contribution >= 0.6 is 11.3 Å². The molecule has 0 fully saturated rings. The highest BCUT2D eigenvalue weighted by molar-refractivity contribution is 7.19. The molecular weight excluding hydrogens is 431 g/mol. The number of thiazole rings is 1. The SMILES string of the molecule is COc1cc(F)ccc1-c1nc(C)c(NC(=O)OCc2ccc3c(c2)nc2n3CCC2)s1. The molecule has 0 aliphatic carbocycles. The second kappa shape index (κ2) is 8.23. The molecule has 0 atom stereocenters. The number of hydrogen-bond donors (Lipinski definition) is 1. The number of methoxy groups -OCH3 is 1. The molecule has 32 heavy (non-hydrogen) atoms. The van der Waals surface area contributed by atoms with Crippen LogP contribution in [0.3, 0.4) is 0 Å². The summed E-state index contributed by atoms with van der Waals surface area (Å²) in [6.07, 6.45) is 1.57. The summed E-state index contributed by atoms with van der Waals surface area (Å²) in [5.41, 5.74) is 4.22. The molecule has 0 saturated heterocycles. The molecule has 1 amide bonds. The minimum absolute atomic E-state index is 0.139. The van der Waals surface area contributed by atoms with Gasteiger partial charge in [0.05, 0.1) is 29.4 Å². The van der Waals surface area contributed by atoms with Crippen molar-refractivity contribution in [3.05, 3.63) is 59.3 Å². The van der Waals surface area contributed by atoms with Crippen molar-refractivity contribution in [2.75, 3.05) is 12.4 Å². The Kier molecular flexibility index (Phi) is 5.26. The molecule has 0 unspecified atom stereocenters. The van der Waals surface area contributed by atoms with E-state index < -0.39 is 6.09 Å². The predicted octanol–water partition coefficient (Wildman–Crippen LogP) is 5.31. The maximum atomic E-state index is 13.5. The van der Waals surface area contributed by atoms with E-state index in [4.69, 9.17) is 9.47 Å². The average Bonchev–Trinajstić information content (AvgIpc) is 3.47. The third-order valence-electron chi connectivity index (χ3n) is 5.45. The second-order valence-corrected chi connectivity index (χ2v) is 8.58. The first-order chi connectivity index (χ1) is 15.5. The van der Waals surface area contributed by atoms with Crippen LogP contribution in [0.4, 0.5) is 14.2 Å². The van der Waals surface area contributed by atoms with Gasteiger partial charge < -0.3 is 14.0 Å². The maximum Gasteiger partial charge on any atom is 0.412 e. The summed E-state index contributed by atoms with van der Waals surface area (Å²) in [6.45, 7) is 2.93. The van der Waals surface area contributed by atoms with Gasteiger partial charge in [-0.1, -0.05) is 17.4 Å². The zero-order chi connectivity index (χ0) is 22.2. The van der Waals surface area contributed by atoms with Gasteiger partial charge in [-0.25, -0.2) is 19.2 Å². The van der Waals surface area contributed by atoms with E-state index in [1.54, 1.807) is 13.0 Å². The first kappa shape index (κ1) is 20.4. The highest BCUT2D eigenvalue weighted by Gasteiger charge is 2.18. The molecule has 5 rings (SSSR count). The molecule has 1 aliphatic rings. The number of hydrogen-bond acceptors (Lipinski definition) is 6. The van der Waals surface area contributed by atoms with E-state index in [1.807, 2.05) is 18.2 Å². The number of carbonyl (C=O) groups excluding carboxylic acids is 1. The van der Waals surface area contributed by atoms with Gasteiger partial charge in [0, 0.05) is 19.0 Å². The average molecular weight is 453 g/mol. The number of nitrogens with one attached hydrogen (secondary N) is 1. The lowest BCUT2D eigenvalue weighted by Crippen LogP contribution is -2.13. The molecule has 0 spiro atoms. The molecule has 0 radical (unpaired) electrons. The molecule has 1 aliphatic heterocycles. The van der Waals surface area contributed by atoms with E-state index in [2.05, 4.69) is 19.9 Å². The Morgan fingerprint density at radius 3 is 2.97 bits per heavy atom. The quantitative estimate of drug-likeness (QED) is 0.444. The van der Waals surface area contributed by atoms with Gasteiger partial charge >= 0.3 is 6.09 Å². The van der Waals surface area contributed by atoms with E-state index in [0.29, 0.717) is 27.0 Å². The summed E-state index contributed by atoms with van der Waals surface area (Å²) in [5, 5.41) is 3.93. The molecule has 2 aromatic carbocycles. The Morgan fingerprint density at radius 1 is 1.25 bits per heavy atom. The molecule has 3 heterocycles. The standard InChI is InChI=1S/C23H21FN4O3S/c1-13-21(32-22(25-13)16-7-6-15(24)11-19(16)30-2)27-23(29)31-12-14-5-8-18-17(10-14)26-20-4-3-9-28(18)20/h5-8,10-11H,3-4,9,12H2,1-2H3,(H,27,29). The van der Waals surface area contributed by atoms with Crippen molar-refractivity contribution in [1.29, 1.82) is 0 Å². The summed E-state index contributed by atoms with van der Waals surface area (Å²) in [7, 11) is 1.48. The third-order valence-corrected chi connectivity index (χ3v) is 6.56. The zero-order valence-corrected chi connectivity index (χ0v) is 18.5. The van der Waals surface area contributed by atoms with Crippen LogP contribution in [0.15, 0.2) is 36.4 Å². The maximum absolute atomic E-state index is 13.5. The molecule has 0 bridgehead atoms. The second-order valence-electron chi connectivity index (χ2n) is 7.59. The zero-order valence-electron chi connectivity index (χ0n) is 17.6. The number of benzene rings is 2. The number of fused-ring (bicyclic) bond motifs is 3. The Hall–Kier alpha value is -3.46. The smallest absolute Gasteiger partial charge is 0.412 e. The summed E-state index contributed by atoms with van der Waals surface area (Å²) in [5.74, 6) is 1.11. The van der Waals surface area contributed by atoms with E-state index >= 15 is 0 Å². The number of carbonyl (C=O) groups is 1. The van der Waals surface area contributed by atoms with E-state index in [0.717, 1.165) is 41.8 Å². The van der Waals surface area contributed by atoms with Gasteiger partial charge in [-0.05, 0) is 43.2 Å².